The van der Waals surface area contributed by atoms with E-state index in [-0.39, 0.29) is 11.4 Å². The molecule has 2 rings (SSSR count). The van der Waals surface area contributed by atoms with Crippen LogP contribution in [0.5, 0.6) is 17.2 Å². The average Bonchev–Trinajstić information content (AvgIpc) is 2.41. The third kappa shape index (κ3) is 2.92. The van der Waals surface area contributed by atoms with Crippen molar-refractivity contribution in [2.24, 2.45) is 0 Å². The molecule has 0 spiro atoms. The lowest BCUT2D eigenvalue weighted by atomic mass is 10.2. The molecule has 0 aliphatic carbocycles. The maximum Gasteiger partial charge on any atom is 0.311 e. The van der Waals surface area contributed by atoms with Gasteiger partial charge >= 0.3 is 5.69 Å². The summed E-state index contributed by atoms with van der Waals surface area (Å²) >= 11 is 0. The normalized spacial score (nSPS) is 9.95. The van der Waals surface area contributed by atoms with Gasteiger partial charge in [-0.25, -0.2) is 0 Å². The molecule has 19 heavy (non-hydrogen) atoms. The first-order valence-corrected chi connectivity index (χ1v) is 5.46. The van der Waals surface area contributed by atoms with Crippen LogP contribution in [-0.4, -0.2) is 12.0 Å². The molecule has 0 bridgehead atoms. The number of hydrogen-bond donors (Lipinski definition) is 1. The second kappa shape index (κ2) is 5.26. The van der Waals surface area contributed by atoms with Crippen LogP contribution in [-0.2, 0) is 0 Å². The van der Waals surface area contributed by atoms with E-state index in [0.717, 1.165) is 0 Å². The number of rotatable bonds is 4. The molecule has 6 heteroatoms. The summed E-state index contributed by atoms with van der Waals surface area (Å²) in [6.45, 7) is 0. The highest BCUT2D eigenvalue weighted by Gasteiger charge is 2.16. The smallest absolute Gasteiger partial charge is 0.311 e. The zero-order chi connectivity index (χ0) is 13.8. The van der Waals surface area contributed by atoms with Gasteiger partial charge in [0.15, 0.2) is 0 Å². The van der Waals surface area contributed by atoms with Crippen LogP contribution in [0, 0.1) is 10.1 Å². The number of nitrogen functional groups attached to an aromatic ring is 1. The van der Waals surface area contributed by atoms with Crippen LogP contribution < -0.4 is 15.2 Å². The molecule has 98 valence electrons. The summed E-state index contributed by atoms with van der Waals surface area (Å²) in [5.74, 6) is 1.07. The Morgan fingerprint density at radius 2 is 1.74 bits per heavy atom. The summed E-state index contributed by atoms with van der Waals surface area (Å²) in [7, 11) is 1.48. The lowest BCUT2D eigenvalue weighted by Gasteiger charge is -2.08. The number of anilines is 1. The Balaban J connectivity index is 2.36. The predicted molar refractivity (Wildman–Crippen MR) is 70.6 cm³/mol. The zero-order valence-corrected chi connectivity index (χ0v) is 10.2. The standard InChI is InChI=1S/C13H12N2O4/c1-18-11-6-7-12(15(16)17)13(8-11)19-10-4-2-9(14)3-5-10/h2-8H,14H2,1H3. The first kappa shape index (κ1) is 12.7. The molecule has 0 heterocycles. The molecule has 0 radical (unpaired) electrons. The minimum Gasteiger partial charge on any atom is -0.497 e. The van der Waals surface area contributed by atoms with E-state index in [4.69, 9.17) is 15.2 Å². The van der Waals surface area contributed by atoms with E-state index >= 15 is 0 Å². The van der Waals surface area contributed by atoms with Crippen molar-refractivity contribution in [3.8, 4) is 17.2 Å². The van der Waals surface area contributed by atoms with Crippen LogP contribution in [0.4, 0.5) is 11.4 Å². The fourth-order valence-electron chi connectivity index (χ4n) is 1.52. The second-order valence-corrected chi connectivity index (χ2v) is 3.76. The maximum absolute atomic E-state index is 10.9. The molecule has 2 aromatic rings. The number of hydrogen-bond acceptors (Lipinski definition) is 5. The van der Waals surface area contributed by atoms with Gasteiger partial charge in [-0.1, -0.05) is 0 Å². The zero-order valence-electron chi connectivity index (χ0n) is 10.2. The summed E-state index contributed by atoms with van der Waals surface area (Å²) in [4.78, 5) is 10.4. The van der Waals surface area contributed by atoms with Crippen LogP contribution in [0.1, 0.15) is 0 Å². The average molecular weight is 260 g/mol. The molecule has 0 amide bonds. The molecular weight excluding hydrogens is 248 g/mol. The number of nitrogens with zero attached hydrogens (tertiary/aromatic N) is 1. The number of nitrogens with two attached hydrogens (primary N) is 1. The number of benzene rings is 2. The Bertz CT molecular complexity index is 596. The highest BCUT2D eigenvalue weighted by Crippen LogP contribution is 2.34. The summed E-state index contributed by atoms with van der Waals surface area (Å²) in [6, 6.07) is 10.9. The summed E-state index contributed by atoms with van der Waals surface area (Å²) in [5.41, 5.74) is 6.02. The first-order valence-electron chi connectivity index (χ1n) is 5.46. The van der Waals surface area contributed by atoms with E-state index in [0.29, 0.717) is 17.2 Å². The third-order valence-corrected chi connectivity index (χ3v) is 2.47. The van der Waals surface area contributed by atoms with Gasteiger partial charge in [-0.2, -0.15) is 0 Å². The Hall–Kier alpha value is -2.76. The third-order valence-electron chi connectivity index (χ3n) is 2.47. The van der Waals surface area contributed by atoms with Gasteiger partial charge in [0.1, 0.15) is 11.5 Å². The van der Waals surface area contributed by atoms with Gasteiger partial charge in [-0.15, -0.1) is 0 Å². The minimum atomic E-state index is -0.508. The highest BCUT2D eigenvalue weighted by atomic mass is 16.6. The van der Waals surface area contributed by atoms with E-state index in [9.17, 15) is 10.1 Å². The lowest BCUT2D eigenvalue weighted by Crippen LogP contribution is -1.94. The number of nitro groups is 1. The van der Waals surface area contributed by atoms with Crippen molar-refractivity contribution < 1.29 is 14.4 Å². The van der Waals surface area contributed by atoms with Gasteiger partial charge in [-0.05, 0) is 30.3 Å². The maximum atomic E-state index is 10.9. The van der Waals surface area contributed by atoms with E-state index in [1.54, 1.807) is 24.3 Å². The van der Waals surface area contributed by atoms with Crippen molar-refractivity contribution in [1.82, 2.24) is 0 Å². The topological polar surface area (TPSA) is 87.6 Å². The molecule has 2 N–H and O–H groups in total. The fraction of sp³-hybridized carbons (Fsp3) is 0.0769. The van der Waals surface area contributed by atoms with Gasteiger partial charge in [0.05, 0.1) is 12.0 Å². The predicted octanol–water partition coefficient (Wildman–Crippen LogP) is 2.98. The molecule has 0 aromatic heterocycles. The van der Waals surface area contributed by atoms with Crippen molar-refractivity contribution in [3.05, 3.63) is 52.6 Å². The molecule has 0 atom stereocenters. The van der Waals surface area contributed by atoms with Crippen molar-refractivity contribution in [2.75, 3.05) is 12.8 Å². The van der Waals surface area contributed by atoms with Gasteiger partial charge in [0.25, 0.3) is 0 Å². The molecule has 2 aromatic carbocycles. The lowest BCUT2D eigenvalue weighted by molar-refractivity contribution is -0.385. The Morgan fingerprint density at radius 3 is 2.32 bits per heavy atom. The van der Waals surface area contributed by atoms with Gasteiger partial charge in [0, 0.05) is 17.8 Å². The highest BCUT2D eigenvalue weighted by molar-refractivity contribution is 5.53. The van der Waals surface area contributed by atoms with Crippen LogP contribution in [0.15, 0.2) is 42.5 Å². The Morgan fingerprint density at radius 1 is 1.11 bits per heavy atom. The van der Waals surface area contributed by atoms with Crippen LogP contribution >= 0.6 is 0 Å². The van der Waals surface area contributed by atoms with Crippen LogP contribution in [0.2, 0.25) is 0 Å². The summed E-state index contributed by atoms with van der Waals surface area (Å²) < 4.78 is 10.5. The van der Waals surface area contributed by atoms with E-state index in [2.05, 4.69) is 0 Å². The molecule has 0 unspecified atom stereocenters. The van der Waals surface area contributed by atoms with Crippen LogP contribution in [0.25, 0.3) is 0 Å². The second-order valence-electron chi connectivity index (χ2n) is 3.76. The molecule has 0 saturated carbocycles. The van der Waals surface area contributed by atoms with Crippen molar-refractivity contribution >= 4 is 11.4 Å². The minimum absolute atomic E-state index is 0.120. The SMILES string of the molecule is COc1ccc([N+](=O)[O-])c(Oc2ccc(N)cc2)c1. The van der Waals surface area contributed by atoms with Gasteiger partial charge in [0.2, 0.25) is 5.75 Å². The molecule has 0 aliphatic rings. The Kier molecular flexibility index (Phi) is 3.51. The largest absolute Gasteiger partial charge is 0.497 e. The van der Waals surface area contributed by atoms with E-state index in [1.165, 1.54) is 25.3 Å². The molecule has 0 fully saturated rings. The van der Waals surface area contributed by atoms with E-state index < -0.39 is 4.92 Å². The molecule has 0 aliphatic heterocycles. The Labute approximate surface area is 109 Å². The van der Waals surface area contributed by atoms with Crippen LogP contribution in [0.3, 0.4) is 0 Å². The molecule has 0 saturated heterocycles. The van der Waals surface area contributed by atoms with Crippen molar-refractivity contribution in [1.29, 1.82) is 0 Å². The number of methoxy groups -OCH3 is 1. The number of nitro benzene ring substituents is 1. The monoisotopic (exact) mass is 260 g/mol. The summed E-state index contributed by atoms with van der Waals surface area (Å²) in [6.07, 6.45) is 0. The van der Waals surface area contributed by atoms with E-state index in [1.807, 2.05) is 0 Å². The van der Waals surface area contributed by atoms with Crippen molar-refractivity contribution in [2.45, 2.75) is 0 Å². The van der Waals surface area contributed by atoms with Crippen molar-refractivity contribution in [3.63, 3.8) is 0 Å². The van der Waals surface area contributed by atoms with Gasteiger partial charge < -0.3 is 15.2 Å². The molecular formula is C13H12N2O4. The summed E-state index contributed by atoms with van der Waals surface area (Å²) in [5, 5.41) is 10.9. The fourth-order valence-corrected chi connectivity index (χ4v) is 1.52. The number of ether oxygens (including phenoxy) is 2. The van der Waals surface area contributed by atoms with Gasteiger partial charge in [-0.3, -0.25) is 10.1 Å². The first-order chi connectivity index (χ1) is 9.10. The quantitative estimate of drug-likeness (QED) is 0.518. The molecule has 6 nitrogen and oxygen atoms in total.